The van der Waals surface area contributed by atoms with Crippen molar-refractivity contribution >= 4 is 63.3 Å². The van der Waals surface area contributed by atoms with E-state index in [9.17, 15) is 33.9 Å². The first-order valence-corrected chi connectivity index (χ1v) is 14.6. The van der Waals surface area contributed by atoms with Crippen LogP contribution in [0.15, 0.2) is 60.0 Å². The van der Waals surface area contributed by atoms with E-state index in [4.69, 9.17) is 9.47 Å². The van der Waals surface area contributed by atoms with Gasteiger partial charge >= 0.3 is 5.97 Å². The number of nitrogens with one attached hydrogen (secondary N) is 2. The first-order chi connectivity index (χ1) is 20.1. The van der Waals surface area contributed by atoms with Crippen LogP contribution >= 0.6 is 27.7 Å². The molecule has 14 heteroatoms. The van der Waals surface area contributed by atoms with Crippen LogP contribution in [0.1, 0.15) is 46.0 Å². The number of carbonyl (C=O) groups is 6. The number of hydrogen-bond donors (Lipinski definition) is 3. The summed E-state index contributed by atoms with van der Waals surface area (Å²) >= 11 is 3.61. The number of alkyl halides is 1. The second kappa shape index (κ2) is 15.2. The predicted molar refractivity (Wildman–Crippen MR) is 157 cm³/mol. The molecule has 2 aromatic rings. The number of ether oxygens (including phenoxy) is 2. The molecule has 1 aliphatic rings. The summed E-state index contributed by atoms with van der Waals surface area (Å²) in [6.45, 7) is 3.02. The van der Waals surface area contributed by atoms with E-state index in [0.29, 0.717) is 35.3 Å². The van der Waals surface area contributed by atoms with Crippen molar-refractivity contribution in [2.75, 3.05) is 18.7 Å². The summed E-state index contributed by atoms with van der Waals surface area (Å²) in [6.07, 6.45) is 0.501. The van der Waals surface area contributed by atoms with Crippen molar-refractivity contribution in [3.05, 3.63) is 76.7 Å². The molecule has 0 saturated carbocycles. The Balaban J connectivity index is 1.63. The fraction of sp³-hybridized carbons (Fsp3) is 0.286. The van der Waals surface area contributed by atoms with E-state index >= 15 is 0 Å². The average molecular weight is 663 g/mol. The standard InChI is InChI=1S/C28H28BrN3O9S/c1-16(2)17-7-9-19(10-8-17)40-13-22(36)31-23-26(38)32(27(23)42-15-34)24(21(35)11-29)28(39)41-14-30-25(37)20-6-4-3-5-18(20)12-33/h3-10,12,15-16,23,27,35H,11,13-14H2,1-2H3,(H,30,37)(H,31,36). The van der Waals surface area contributed by atoms with Gasteiger partial charge < -0.3 is 25.2 Å². The first kappa shape index (κ1) is 32.3. The van der Waals surface area contributed by atoms with Gasteiger partial charge in [-0.2, -0.15) is 0 Å². The fourth-order valence-corrected chi connectivity index (χ4v) is 4.95. The van der Waals surface area contributed by atoms with E-state index in [1.165, 1.54) is 12.1 Å². The molecule has 2 atom stereocenters. The van der Waals surface area contributed by atoms with Crippen LogP contribution in [0.25, 0.3) is 0 Å². The molecule has 2 unspecified atom stereocenters. The van der Waals surface area contributed by atoms with Gasteiger partial charge in [-0.15, -0.1) is 0 Å². The highest BCUT2D eigenvalue weighted by Gasteiger charge is 2.53. The molecule has 0 spiro atoms. The maximum Gasteiger partial charge on any atom is 0.360 e. The van der Waals surface area contributed by atoms with Crippen LogP contribution < -0.4 is 15.4 Å². The Kier molecular flexibility index (Phi) is 11.7. The Hall–Kier alpha value is -4.17. The molecule has 12 nitrogen and oxygen atoms in total. The third-order valence-corrected chi connectivity index (χ3v) is 7.48. The highest BCUT2D eigenvalue weighted by Crippen LogP contribution is 2.34. The number of halogens is 1. The second-order valence-corrected chi connectivity index (χ2v) is 10.6. The van der Waals surface area contributed by atoms with E-state index in [1.54, 1.807) is 24.3 Å². The number of aliphatic hydroxyl groups excluding tert-OH is 1. The largest absolute Gasteiger partial charge is 0.509 e. The quantitative estimate of drug-likeness (QED) is 0.0520. The summed E-state index contributed by atoms with van der Waals surface area (Å²) < 4.78 is 10.5. The molecule has 0 aromatic heterocycles. The van der Waals surface area contributed by atoms with Crippen LogP contribution in [0.3, 0.4) is 0 Å². The van der Waals surface area contributed by atoms with Crippen molar-refractivity contribution in [1.29, 1.82) is 0 Å². The van der Waals surface area contributed by atoms with Crippen LogP contribution in [0.2, 0.25) is 0 Å². The topological polar surface area (TPSA) is 168 Å². The molecule has 3 N–H and O–H groups in total. The van der Waals surface area contributed by atoms with Crippen LogP contribution in [-0.4, -0.2) is 75.7 Å². The van der Waals surface area contributed by atoms with Crippen LogP contribution in [0, 0.1) is 0 Å². The third kappa shape index (κ3) is 7.76. The lowest BCUT2D eigenvalue weighted by Crippen LogP contribution is -2.70. The van der Waals surface area contributed by atoms with E-state index < -0.39 is 59.9 Å². The Morgan fingerprint density at radius 1 is 1.12 bits per heavy atom. The molecule has 3 rings (SSSR count). The van der Waals surface area contributed by atoms with Crippen molar-refractivity contribution in [3.8, 4) is 5.75 Å². The van der Waals surface area contributed by atoms with E-state index in [2.05, 4.69) is 26.6 Å². The first-order valence-electron chi connectivity index (χ1n) is 12.5. The predicted octanol–water partition coefficient (Wildman–Crippen LogP) is 2.67. The molecule has 1 saturated heterocycles. The molecule has 1 fully saturated rings. The number of allylic oxidation sites excluding steroid dienone is 1. The molecule has 222 valence electrons. The number of hydrogen-bond acceptors (Lipinski definition) is 10. The lowest BCUT2D eigenvalue weighted by atomic mass is 10.0. The van der Waals surface area contributed by atoms with Gasteiger partial charge in [0, 0.05) is 11.1 Å². The third-order valence-electron chi connectivity index (χ3n) is 6.07. The van der Waals surface area contributed by atoms with Crippen LogP contribution in [0.5, 0.6) is 5.75 Å². The molecule has 42 heavy (non-hydrogen) atoms. The van der Waals surface area contributed by atoms with Crippen molar-refractivity contribution < 1.29 is 43.3 Å². The molecular weight excluding hydrogens is 634 g/mol. The Bertz CT molecular complexity index is 1380. The molecule has 0 bridgehead atoms. The number of aldehydes is 1. The maximum atomic E-state index is 13.0. The molecule has 3 amide bonds. The molecule has 0 radical (unpaired) electrons. The summed E-state index contributed by atoms with van der Waals surface area (Å²) in [7, 11) is 0. The minimum absolute atomic E-state index is 0.0538. The number of rotatable bonds is 14. The monoisotopic (exact) mass is 661 g/mol. The minimum atomic E-state index is -1.20. The zero-order chi connectivity index (χ0) is 30.8. The van der Waals surface area contributed by atoms with Gasteiger partial charge in [0.25, 0.3) is 17.7 Å². The van der Waals surface area contributed by atoms with Crippen molar-refractivity contribution in [2.24, 2.45) is 0 Å². The SMILES string of the molecule is CC(C)c1ccc(OCC(=O)NC2C(=O)N(C(C(=O)OCNC(=O)c3ccccc3C=O)=C(O)CBr)C2SC=O)cc1. The number of amides is 3. The normalized spacial score (nSPS) is 16.6. The highest BCUT2D eigenvalue weighted by atomic mass is 79.9. The lowest BCUT2D eigenvalue weighted by molar-refractivity contribution is -0.153. The van der Waals surface area contributed by atoms with Crippen LogP contribution in [0.4, 0.5) is 0 Å². The van der Waals surface area contributed by atoms with Gasteiger partial charge in [0.2, 0.25) is 0 Å². The van der Waals surface area contributed by atoms with Gasteiger partial charge in [0.05, 0.1) is 5.33 Å². The van der Waals surface area contributed by atoms with Gasteiger partial charge in [-0.3, -0.25) is 28.9 Å². The van der Waals surface area contributed by atoms with E-state index in [1.807, 2.05) is 26.0 Å². The van der Waals surface area contributed by atoms with Gasteiger partial charge in [-0.25, -0.2) is 4.79 Å². The summed E-state index contributed by atoms with van der Waals surface area (Å²) in [4.78, 5) is 74.2. The van der Waals surface area contributed by atoms with Crippen molar-refractivity contribution in [2.45, 2.75) is 31.2 Å². The second-order valence-electron chi connectivity index (χ2n) is 9.10. The van der Waals surface area contributed by atoms with Gasteiger partial charge in [-0.05, 0) is 29.7 Å². The number of thioether (sulfide) groups is 1. The van der Waals surface area contributed by atoms with Gasteiger partial charge in [0.1, 0.15) is 22.9 Å². The molecule has 1 aliphatic heterocycles. The minimum Gasteiger partial charge on any atom is -0.509 e. The number of benzene rings is 2. The number of nitrogens with zero attached hydrogens (tertiary/aromatic N) is 1. The molecule has 2 aromatic carbocycles. The Labute approximate surface area is 253 Å². The van der Waals surface area contributed by atoms with E-state index in [-0.39, 0.29) is 16.5 Å². The Morgan fingerprint density at radius 3 is 2.43 bits per heavy atom. The summed E-state index contributed by atoms with van der Waals surface area (Å²) in [6, 6.07) is 12.0. The van der Waals surface area contributed by atoms with Gasteiger partial charge in [-0.1, -0.05) is 71.9 Å². The van der Waals surface area contributed by atoms with Crippen molar-refractivity contribution in [3.63, 3.8) is 0 Å². The van der Waals surface area contributed by atoms with Gasteiger partial charge in [0.15, 0.2) is 30.9 Å². The Morgan fingerprint density at radius 2 is 1.81 bits per heavy atom. The highest BCUT2D eigenvalue weighted by molar-refractivity contribution is 9.09. The number of esters is 1. The van der Waals surface area contributed by atoms with E-state index in [0.717, 1.165) is 10.5 Å². The zero-order valence-corrected chi connectivity index (χ0v) is 25.0. The maximum absolute atomic E-state index is 13.0. The smallest absolute Gasteiger partial charge is 0.360 e. The summed E-state index contributed by atoms with van der Waals surface area (Å²) in [5.74, 6) is -3.12. The fourth-order valence-electron chi connectivity index (χ4n) is 3.90. The van der Waals surface area contributed by atoms with Crippen molar-refractivity contribution in [1.82, 2.24) is 15.5 Å². The average Bonchev–Trinajstić information content (AvgIpc) is 3.00. The summed E-state index contributed by atoms with van der Waals surface area (Å²) in [5, 5.41) is 13.9. The zero-order valence-electron chi connectivity index (χ0n) is 22.6. The molecule has 1 heterocycles. The summed E-state index contributed by atoms with van der Waals surface area (Å²) in [5.41, 5.74) is 1.13. The van der Waals surface area contributed by atoms with Crippen LogP contribution in [-0.2, 0) is 23.9 Å². The number of β-lactam (4-membered cyclic amide) rings is 1. The lowest BCUT2D eigenvalue weighted by Gasteiger charge is -2.45. The number of carbonyl (C=O) groups excluding carboxylic acids is 6. The molecular formula is C28H28BrN3O9S. The molecule has 0 aliphatic carbocycles. The number of aliphatic hydroxyl groups is 1. The number of likely N-dealkylation sites (tertiary alicyclic amines) is 1.